The molecule has 2 aromatic rings. The smallest absolute Gasteiger partial charge is 0.224 e. The molecule has 1 amide bonds. The summed E-state index contributed by atoms with van der Waals surface area (Å²) in [5.74, 6) is -0.269. The van der Waals surface area contributed by atoms with Crippen molar-refractivity contribution in [2.45, 2.75) is 25.7 Å². The molecule has 29 heavy (non-hydrogen) atoms. The van der Waals surface area contributed by atoms with Crippen LogP contribution in [0.15, 0.2) is 42.5 Å². The van der Waals surface area contributed by atoms with E-state index in [4.69, 9.17) is 0 Å². The van der Waals surface area contributed by atoms with E-state index >= 15 is 0 Å². The number of rotatable bonds is 7. The van der Waals surface area contributed by atoms with E-state index in [9.17, 15) is 13.6 Å². The van der Waals surface area contributed by atoms with E-state index in [1.54, 1.807) is 0 Å². The maximum atomic E-state index is 13.7. The first-order valence-corrected chi connectivity index (χ1v) is 10.4. The number of carbonyl (C=O) groups excluding carboxylic acids is 1. The molecular formula is C23H27F2N3O. The zero-order valence-corrected chi connectivity index (χ0v) is 16.5. The largest absolute Gasteiger partial charge is 0.369 e. The lowest BCUT2D eigenvalue weighted by atomic mass is 10.1. The molecule has 0 bridgehead atoms. The van der Waals surface area contributed by atoms with Crippen molar-refractivity contribution in [2.24, 2.45) is 5.92 Å². The standard InChI is InChI=1S/C23H27F2N3O/c24-19-7-8-22(25)18(14-19)6-9-23(29)26-20-2-1-3-21(15-20)28-12-10-27(11-13-28)16-17-4-5-17/h1-3,7-8,14-15,17H,4-6,9-13,16H2,(H,26,29). The van der Waals surface area contributed by atoms with Gasteiger partial charge in [-0.05, 0) is 67.1 Å². The number of amides is 1. The molecule has 1 saturated heterocycles. The second kappa shape index (κ2) is 8.91. The van der Waals surface area contributed by atoms with E-state index in [-0.39, 0.29) is 24.3 Å². The number of carbonyl (C=O) groups is 1. The first-order valence-electron chi connectivity index (χ1n) is 10.4. The van der Waals surface area contributed by atoms with Crippen molar-refractivity contribution in [1.82, 2.24) is 4.90 Å². The SMILES string of the molecule is O=C(CCc1cc(F)ccc1F)Nc1cccc(N2CCN(CC3CC3)CC2)c1. The molecule has 2 aromatic carbocycles. The Labute approximate surface area is 170 Å². The number of piperazine rings is 1. The minimum atomic E-state index is -0.494. The van der Waals surface area contributed by atoms with Crippen LogP contribution in [0.1, 0.15) is 24.8 Å². The average Bonchev–Trinajstić information content (AvgIpc) is 3.53. The molecule has 0 aromatic heterocycles. The van der Waals surface area contributed by atoms with Crippen molar-refractivity contribution in [2.75, 3.05) is 42.9 Å². The molecule has 1 aliphatic carbocycles. The van der Waals surface area contributed by atoms with Crippen molar-refractivity contribution in [3.05, 3.63) is 59.7 Å². The van der Waals surface area contributed by atoms with E-state index < -0.39 is 11.6 Å². The first kappa shape index (κ1) is 19.8. The van der Waals surface area contributed by atoms with Crippen LogP contribution in [0.2, 0.25) is 0 Å². The molecule has 6 heteroatoms. The van der Waals surface area contributed by atoms with Crippen molar-refractivity contribution < 1.29 is 13.6 Å². The third-order valence-corrected chi connectivity index (χ3v) is 5.71. The topological polar surface area (TPSA) is 35.6 Å². The number of benzene rings is 2. The van der Waals surface area contributed by atoms with Gasteiger partial charge in [0, 0.05) is 50.5 Å². The van der Waals surface area contributed by atoms with Gasteiger partial charge in [-0.3, -0.25) is 9.69 Å². The summed E-state index contributed by atoms with van der Waals surface area (Å²) in [6.45, 7) is 5.36. The number of nitrogens with zero attached hydrogens (tertiary/aromatic N) is 2. The number of nitrogens with one attached hydrogen (secondary N) is 1. The summed E-state index contributed by atoms with van der Waals surface area (Å²) in [5, 5.41) is 2.88. The zero-order valence-electron chi connectivity index (χ0n) is 16.5. The van der Waals surface area contributed by atoms with Crippen molar-refractivity contribution >= 4 is 17.3 Å². The molecular weight excluding hydrogens is 372 g/mol. The molecule has 2 aliphatic rings. The van der Waals surface area contributed by atoms with Gasteiger partial charge in [0.2, 0.25) is 5.91 Å². The van der Waals surface area contributed by atoms with Gasteiger partial charge in [0.25, 0.3) is 0 Å². The predicted molar refractivity (Wildman–Crippen MR) is 111 cm³/mol. The van der Waals surface area contributed by atoms with Gasteiger partial charge >= 0.3 is 0 Å². The Bertz CT molecular complexity index is 861. The third-order valence-electron chi connectivity index (χ3n) is 5.71. The van der Waals surface area contributed by atoms with E-state index in [0.29, 0.717) is 0 Å². The quantitative estimate of drug-likeness (QED) is 0.762. The second-order valence-corrected chi connectivity index (χ2v) is 8.07. The Morgan fingerprint density at radius 3 is 2.59 bits per heavy atom. The molecule has 0 unspecified atom stereocenters. The van der Waals surface area contributed by atoms with Gasteiger partial charge in [-0.2, -0.15) is 0 Å². The summed E-state index contributed by atoms with van der Waals surface area (Å²) >= 11 is 0. The third kappa shape index (κ3) is 5.54. The average molecular weight is 399 g/mol. The minimum Gasteiger partial charge on any atom is -0.369 e. The molecule has 4 rings (SSSR count). The molecule has 1 N–H and O–H groups in total. The maximum absolute atomic E-state index is 13.7. The highest BCUT2D eigenvalue weighted by molar-refractivity contribution is 5.91. The number of hydrogen-bond acceptors (Lipinski definition) is 3. The van der Waals surface area contributed by atoms with Gasteiger partial charge in [0.05, 0.1) is 0 Å². The number of halogens is 2. The second-order valence-electron chi connectivity index (χ2n) is 8.07. The Hall–Kier alpha value is -2.47. The van der Waals surface area contributed by atoms with Gasteiger partial charge in [-0.1, -0.05) is 6.07 Å². The number of hydrogen-bond donors (Lipinski definition) is 1. The van der Waals surface area contributed by atoms with E-state index in [1.165, 1.54) is 19.4 Å². The molecule has 154 valence electrons. The Morgan fingerprint density at radius 1 is 1.03 bits per heavy atom. The molecule has 4 nitrogen and oxygen atoms in total. The summed E-state index contributed by atoms with van der Waals surface area (Å²) in [6.07, 6.45) is 3.03. The lowest BCUT2D eigenvalue weighted by Crippen LogP contribution is -2.47. The Kier molecular flexibility index (Phi) is 6.09. The molecule has 2 fully saturated rings. The summed E-state index contributed by atoms with van der Waals surface area (Å²) < 4.78 is 27.0. The van der Waals surface area contributed by atoms with Crippen LogP contribution in [0.3, 0.4) is 0 Å². The Balaban J connectivity index is 1.29. The number of aryl methyl sites for hydroxylation is 1. The van der Waals surface area contributed by atoms with Gasteiger partial charge in [-0.25, -0.2) is 8.78 Å². The minimum absolute atomic E-state index is 0.102. The molecule has 0 spiro atoms. The van der Waals surface area contributed by atoms with Crippen molar-refractivity contribution in [3.63, 3.8) is 0 Å². The molecule has 1 heterocycles. The lowest BCUT2D eigenvalue weighted by Gasteiger charge is -2.36. The fourth-order valence-electron chi connectivity index (χ4n) is 3.84. The maximum Gasteiger partial charge on any atom is 0.224 e. The normalized spacial score (nSPS) is 17.4. The van der Waals surface area contributed by atoms with Crippen LogP contribution in [0, 0.1) is 17.6 Å². The highest BCUT2D eigenvalue weighted by Crippen LogP contribution is 2.30. The van der Waals surface area contributed by atoms with Gasteiger partial charge in [0.1, 0.15) is 11.6 Å². The predicted octanol–water partition coefficient (Wildman–Crippen LogP) is 4.07. The van der Waals surface area contributed by atoms with Crippen LogP contribution >= 0.6 is 0 Å². The van der Waals surface area contributed by atoms with Crippen molar-refractivity contribution in [1.29, 1.82) is 0 Å². The van der Waals surface area contributed by atoms with Gasteiger partial charge < -0.3 is 10.2 Å². The monoisotopic (exact) mass is 399 g/mol. The fraction of sp³-hybridized carbons (Fsp3) is 0.435. The summed E-state index contributed by atoms with van der Waals surface area (Å²) in [4.78, 5) is 17.2. The summed E-state index contributed by atoms with van der Waals surface area (Å²) in [7, 11) is 0. The highest BCUT2D eigenvalue weighted by atomic mass is 19.1. The van der Waals surface area contributed by atoms with Crippen LogP contribution < -0.4 is 10.2 Å². The van der Waals surface area contributed by atoms with Crippen LogP contribution in [0.4, 0.5) is 20.2 Å². The van der Waals surface area contributed by atoms with Crippen LogP contribution in [-0.4, -0.2) is 43.5 Å². The van der Waals surface area contributed by atoms with Crippen LogP contribution in [-0.2, 0) is 11.2 Å². The van der Waals surface area contributed by atoms with E-state index in [1.807, 2.05) is 18.2 Å². The van der Waals surface area contributed by atoms with Crippen LogP contribution in [0.25, 0.3) is 0 Å². The lowest BCUT2D eigenvalue weighted by molar-refractivity contribution is -0.116. The summed E-state index contributed by atoms with van der Waals surface area (Å²) in [5.41, 5.74) is 2.05. The highest BCUT2D eigenvalue weighted by Gasteiger charge is 2.26. The van der Waals surface area contributed by atoms with Crippen LogP contribution in [0.5, 0.6) is 0 Å². The molecule has 0 atom stereocenters. The fourth-order valence-corrected chi connectivity index (χ4v) is 3.84. The molecule has 1 aliphatic heterocycles. The van der Waals surface area contributed by atoms with E-state index in [2.05, 4.69) is 21.2 Å². The molecule has 0 radical (unpaired) electrons. The summed E-state index contributed by atoms with van der Waals surface area (Å²) in [6, 6.07) is 11.2. The van der Waals surface area contributed by atoms with Gasteiger partial charge in [-0.15, -0.1) is 0 Å². The van der Waals surface area contributed by atoms with Gasteiger partial charge in [0.15, 0.2) is 0 Å². The Morgan fingerprint density at radius 2 is 1.83 bits per heavy atom. The van der Waals surface area contributed by atoms with E-state index in [0.717, 1.165) is 61.7 Å². The first-order chi connectivity index (χ1) is 14.1. The number of anilines is 2. The zero-order chi connectivity index (χ0) is 20.2. The molecule has 1 saturated carbocycles. The van der Waals surface area contributed by atoms with Crippen molar-refractivity contribution in [3.8, 4) is 0 Å².